The monoisotopic (exact) mass is 1060 g/mol. The van der Waals surface area contributed by atoms with Crippen molar-refractivity contribution >= 4 is 74.5 Å². The fourth-order valence-corrected chi connectivity index (χ4v) is 12.9. The molecule has 0 bridgehead atoms. The number of carbonyl (C=O) groups excluding carboxylic acids is 3. The molecule has 2 saturated carbocycles. The van der Waals surface area contributed by atoms with E-state index in [0.29, 0.717) is 82.8 Å². The second-order valence-corrected chi connectivity index (χ2v) is 25.4. The normalized spacial score (nSPS) is 26.8. The van der Waals surface area contributed by atoms with Gasteiger partial charge in [0.1, 0.15) is 6.29 Å². The van der Waals surface area contributed by atoms with Crippen LogP contribution < -0.4 is 5.32 Å². The first-order valence-electron chi connectivity index (χ1n) is 26.0. The topological polar surface area (TPSA) is 120 Å². The molecular formula is C52H76Cl4N8O5S. The number of nitrogens with zero attached hydrogens (tertiary/aromatic N) is 7. The SMILES string of the molecule is CN1CCN(C2CNC2)CC1.CS(=O)(=O)N1CCN(C2CN(CC[C@]3(c4ccc(Cl)c(Cl)c4)CCCN(C(=O)CC4CC4)C3)C2)CC1.O=CC[C@]1(c2ccc(Cl)c(Cl)c2)CCCN(C(=O)CC2CC2)C1. The molecule has 0 spiro atoms. The van der Waals surface area contributed by atoms with Crippen molar-refractivity contribution in [2.45, 2.75) is 100.0 Å². The molecular weight excluding hydrogens is 991 g/mol. The molecule has 0 aromatic heterocycles. The Morgan fingerprint density at radius 3 is 1.63 bits per heavy atom. The number of hydrogen-bond donors (Lipinski definition) is 1. The van der Waals surface area contributed by atoms with Crippen molar-refractivity contribution in [2.75, 3.05) is 125 Å². The molecule has 6 aliphatic heterocycles. The Balaban J connectivity index is 0.000000164. The van der Waals surface area contributed by atoms with Crippen LogP contribution in [0.1, 0.15) is 88.2 Å². The maximum atomic E-state index is 13.0. The number of likely N-dealkylation sites (N-methyl/N-ethyl adjacent to an activating group) is 1. The van der Waals surface area contributed by atoms with E-state index in [1.165, 1.54) is 76.8 Å². The van der Waals surface area contributed by atoms with Crippen molar-refractivity contribution in [3.63, 3.8) is 0 Å². The summed E-state index contributed by atoms with van der Waals surface area (Å²) >= 11 is 24.9. The summed E-state index contributed by atoms with van der Waals surface area (Å²) in [4.78, 5) is 50.8. The highest BCUT2D eigenvalue weighted by Gasteiger charge is 2.43. The first-order valence-corrected chi connectivity index (χ1v) is 29.3. The molecule has 18 heteroatoms. The van der Waals surface area contributed by atoms with Gasteiger partial charge in [-0.2, -0.15) is 4.31 Å². The van der Waals surface area contributed by atoms with Gasteiger partial charge in [-0.1, -0.05) is 58.5 Å². The molecule has 388 valence electrons. The summed E-state index contributed by atoms with van der Waals surface area (Å²) < 4.78 is 25.2. The molecule has 10 rings (SSSR count). The van der Waals surface area contributed by atoms with Crippen LogP contribution in [0.25, 0.3) is 0 Å². The molecule has 0 radical (unpaired) electrons. The quantitative estimate of drug-likeness (QED) is 0.204. The Morgan fingerprint density at radius 2 is 1.16 bits per heavy atom. The molecule has 13 nitrogen and oxygen atoms in total. The molecule has 0 unspecified atom stereocenters. The number of nitrogens with one attached hydrogen (secondary N) is 1. The smallest absolute Gasteiger partial charge is 0.222 e. The summed E-state index contributed by atoms with van der Waals surface area (Å²) in [6, 6.07) is 12.9. The number of likely N-dealkylation sites (tertiary alicyclic amines) is 3. The molecule has 8 aliphatic rings. The van der Waals surface area contributed by atoms with E-state index in [2.05, 4.69) is 42.9 Å². The number of carbonyl (C=O) groups is 3. The second-order valence-electron chi connectivity index (χ2n) is 21.8. The van der Waals surface area contributed by atoms with Crippen LogP contribution >= 0.6 is 46.4 Å². The minimum absolute atomic E-state index is 0.113. The van der Waals surface area contributed by atoms with Crippen LogP contribution in [-0.4, -0.2) is 197 Å². The van der Waals surface area contributed by atoms with Crippen molar-refractivity contribution in [1.82, 2.24) is 39.0 Å². The summed E-state index contributed by atoms with van der Waals surface area (Å²) in [6.45, 7) is 16.2. The average Bonchev–Trinajstić information content (AvgIpc) is 4.27. The first-order chi connectivity index (χ1) is 33.5. The van der Waals surface area contributed by atoms with Gasteiger partial charge in [0.2, 0.25) is 21.8 Å². The van der Waals surface area contributed by atoms with Crippen molar-refractivity contribution in [3.05, 3.63) is 67.6 Å². The molecule has 8 fully saturated rings. The molecule has 2 amide bonds. The van der Waals surface area contributed by atoms with Gasteiger partial charge in [0, 0.05) is 147 Å². The molecule has 70 heavy (non-hydrogen) atoms. The summed E-state index contributed by atoms with van der Waals surface area (Å²) in [6.07, 6.45) is 13.5. The standard InChI is InChI=1S/C26H38Cl2N4O3S.C18H21Cl2NO2.C8H17N3/c1-36(34,35)32-13-11-30(12-14-32)22-17-29(18-22)10-8-26(21-5-6-23(27)24(28)16-21)7-2-9-31(19-26)25(33)15-20-3-4-20;19-15-5-4-14(11-16(15)20)18(7-9-22)6-1-8-21(12-18)17(23)10-13-2-3-13;1-10-2-4-11(5-3-10)8-6-9-7-8/h5-6,16,20,22H,2-4,7-15,17-19H2,1H3;4-5,9,11,13H,1-3,6-8,10,12H2;8-9H,2-7H2,1H3/t26-;18-;/m11./s1. The zero-order valence-electron chi connectivity index (χ0n) is 41.4. The van der Waals surface area contributed by atoms with Crippen LogP contribution in [0, 0.1) is 11.8 Å². The van der Waals surface area contributed by atoms with E-state index in [4.69, 9.17) is 46.4 Å². The van der Waals surface area contributed by atoms with Crippen LogP contribution in [0.3, 0.4) is 0 Å². The lowest BCUT2D eigenvalue weighted by atomic mass is 9.71. The van der Waals surface area contributed by atoms with E-state index in [0.717, 1.165) is 102 Å². The highest BCUT2D eigenvalue weighted by atomic mass is 35.5. The van der Waals surface area contributed by atoms with E-state index >= 15 is 0 Å². The lowest BCUT2D eigenvalue weighted by Crippen LogP contribution is -2.63. The predicted molar refractivity (Wildman–Crippen MR) is 282 cm³/mol. The minimum Gasteiger partial charge on any atom is -0.342 e. The third kappa shape index (κ3) is 14.2. The third-order valence-corrected chi connectivity index (χ3v) is 19.4. The lowest BCUT2D eigenvalue weighted by Gasteiger charge is -2.50. The summed E-state index contributed by atoms with van der Waals surface area (Å²) in [5.41, 5.74) is 1.74. The van der Waals surface area contributed by atoms with Crippen LogP contribution in [0.15, 0.2) is 36.4 Å². The molecule has 6 saturated heterocycles. The van der Waals surface area contributed by atoms with Gasteiger partial charge in [-0.05, 0) is 119 Å². The Hall–Kier alpha value is -2.08. The van der Waals surface area contributed by atoms with Crippen LogP contribution in [0.2, 0.25) is 20.1 Å². The highest BCUT2D eigenvalue weighted by Crippen LogP contribution is 2.43. The molecule has 2 aromatic rings. The Morgan fingerprint density at radius 1 is 0.671 bits per heavy atom. The van der Waals surface area contributed by atoms with Gasteiger partial charge in [-0.3, -0.25) is 19.4 Å². The van der Waals surface area contributed by atoms with Gasteiger partial charge in [0.05, 0.1) is 26.3 Å². The Labute approximate surface area is 437 Å². The van der Waals surface area contributed by atoms with Gasteiger partial charge in [-0.25, -0.2) is 8.42 Å². The zero-order chi connectivity index (χ0) is 49.6. The number of rotatable bonds is 14. The number of aldehydes is 1. The van der Waals surface area contributed by atoms with E-state index in [9.17, 15) is 22.8 Å². The van der Waals surface area contributed by atoms with Crippen LogP contribution in [0.5, 0.6) is 0 Å². The maximum absolute atomic E-state index is 13.0. The maximum Gasteiger partial charge on any atom is 0.222 e. The molecule has 2 aromatic carbocycles. The molecule has 6 heterocycles. The second kappa shape index (κ2) is 24.1. The van der Waals surface area contributed by atoms with Gasteiger partial charge >= 0.3 is 0 Å². The number of halogens is 4. The van der Waals surface area contributed by atoms with Crippen molar-refractivity contribution in [2.24, 2.45) is 11.8 Å². The number of piperazine rings is 2. The number of hydrogen-bond acceptors (Lipinski definition) is 10. The van der Waals surface area contributed by atoms with Gasteiger partial charge in [0.15, 0.2) is 0 Å². The molecule has 1 N–H and O–H groups in total. The first kappa shape index (κ1) is 54.2. The van der Waals surface area contributed by atoms with E-state index < -0.39 is 10.0 Å². The fraction of sp³-hybridized carbons (Fsp3) is 0.712. The van der Waals surface area contributed by atoms with Crippen molar-refractivity contribution < 1.29 is 22.8 Å². The number of sulfonamides is 1. The highest BCUT2D eigenvalue weighted by molar-refractivity contribution is 7.88. The van der Waals surface area contributed by atoms with Gasteiger partial charge < -0.3 is 29.7 Å². The Kier molecular flexibility index (Phi) is 18.6. The fourth-order valence-electron chi connectivity index (χ4n) is 11.4. The predicted octanol–water partition coefficient (Wildman–Crippen LogP) is 6.75. The summed E-state index contributed by atoms with van der Waals surface area (Å²) in [5.74, 6) is 1.70. The summed E-state index contributed by atoms with van der Waals surface area (Å²) in [7, 11) is -0.893. The summed E-state index contributed by atoms with van der Waals surface area (Å²) in [5, 5.41) is 5.46. The van der Waals surface area contributed by atoms with Gasteiger partial charge in [-0.15, -0.1) is 0 Å². The van der Waals surface area contributed by atoms with Crippen LogP contribution in [-0.2, 0) is 35.2 Å². The Bertz CT molecular complexity index is 2230. The van der Waals surface area contributed by atoms with Crippen molar-refractivity contribution in [3.8, 4) is 0 Å². The zero-order valence-corrected chi connectivity index (χ0v) is 45.3. The molecule has 2 aliphatic carbocycles. The number of piperidine rings is 2. The third-order valence-electron chi connectivity index (χ3n) is 16.6. The van der Waals surface area contributed by atoms with E-state index in [-0.39, 0.29) is 16.7 Å². The average molecular weight is 1070 g/mol. The van der Waals surface area contributed by atoms with E-state index in [1.54, 1.807) is 10.4 Å². The lowest BCUT2D eigenvalue weighted by molar-refractivity contribution is -0.134. The van der Waals surface area contributed by atoms with Crippen molar-refractivity contribution in [1.29, 1.82) is 0 Å². The largest absolute Gasteiger partial charge is 0.342 e. The van der Waals surface area contributed by atoms with Crippen LogP contribution in [0.4, 0.5) is 0 Å². The number of amides is 2. The van der Waals surface area contributed by atoms with Gasteiger partial charge in [0.25, 0.3) is 0 Å². The number of benzene rings is 2. The van der Waals surface area contributed by atoms with E-state index in [1.807, 2.05) is 29.2 Å². The molecule has 2 atom stereocenters. The minimum atomic E-state index is -3.10.